The lowest BCUT2D eigenvalue weighted by Crippen LogP contribution is -2.37. The van der Waals surface area contributed by atoms with Crippen molar-refractivity contribution in [3.05, 3.63) is 65.2 Å². The fourth-order valence-electron chi connectivity index (χ4n) is 2.20. The number of rotatable bonds is 4. The molecule has 1 amide bonds. The van der Waals surface area contributed by atoms with Gasteiger partial charge < -0.3 is 9.64 Å². The van der Waals surface area contributed by atoms with Crippen LogP contribution in [0.15, 0.2) is 48.5 Å². The third-order valence-corrected chi connectivity index (χ3v) is 3.85. The van der Waals surface area contributed by atoms with E-state index in [0.717, 1.165) is 16.8 Å². The number of esters is 1. The molecule has 0 saturated carbocycles. The van der Waals surface area contributed by atoms with E-state index in [1.54, 1.807) is 26.1 Å². The van der Waals surface area contributed by atoms with Gasteiger partial charge in [-0.3, -0.25) is 4.79 Å². The van der Waals surface area contributed by atoms with Gasteiger partial charge in [-0.05, 0) is 56.2 Å². The van der Waals surface area contributed by atoms with Gasteiger partial charge in [0.05, 0.1) is 5.56 Å². The molecule has 0 fully saturated rings. The highest BCUT2D eigenvalue weighted by Gasteiger charge is 2.23. The average molecular weight is 311 g/mol. The molecule has 0 aromatic heterocycles. The van der Waals surface area contributed by atoms with Crippen LogP contribution < -0.4 is 4.90 Å². The molecule has 4 heteroatoms. The second kappa shape index (κ2) is 7.09. The summed E-state index contributed by atoms with van der Waals surface area (Å²) in [5.41, 5.74) is 3.33. The highest BCUT2D eigenvalue weighted by Crippen LogP contribution is 2.15. The third kappa shape index (κ3) is 3.97. The largest absolute Gasteiger partial charge is 0.449 e. The Morgan fingerprint density at radius 1 is 1.00 bits per heavy atom. The predicted octanol–water partition coefficient (Wildman–Crippen LogP) is 3.51. The van der Waals surface area contributed by atoms with E-state index < -0.39 is 12.1 Å². The monoisotopic (exact) mass is 311 g/mol. The Morgan fingerprint density at radius 3 is 2.26 bits per heavy atom. The maximum Gasteiger partial charge on any atom is 0.338 e. The van der Waals surface area contributed by atoms with E-state index in [1.807, 2.05) is 50.2 Å². The molecular formula is C19H21NO3. The zero-order valence-corrected chi connectivity index (χ0v) is 13.9. The minimum absolute atomic E-state index is 0.270. The normalized spacial score (nSPS) is 11.7. The second-order valence-electron chi connectivity index (χ2n) is 5.58. The van der Waals surface area contributed by atoms with E-state index in [9.17, 15) is 9.59 Å². The Balaban J connectivity index is 2.05. The molecule has 0 spiro atoms. The molecule has 2 rings (SSSR count). The van der Waals surface area contributed by atoms with Gasteiger partial charge in [0, 0.05) is 12.7 Å². The Kier molecular flexibility index (Phi) is 5.16. The number of anilines is 1. The Labute approximate surface area is 136 Å². The number of likely N-dealkylation sites (N-methyl/N-ethyl adjacent to an activating group) is 1. The number of hydrogen-bond donors (Lipinski definition) is 0. The smallest absolute Gasteiger partial charge is 0.338 e. The fraction of sp³-hybridized carbons (Fsp3) is 0.263. The molecule has 23 heavy (non-hydrogen) atoms. The van der Waals surface area contributed by atoms with Crippen molar-refractivity contribution >= 4 is 17.6 Å². The van der Waals surface area contributed by atoms with E-state index in [-0.39, 0.29) is 5.91 Å². The first-order valence-corrected chi connectivity index (χ1v) is 7.51. The molecule has 2 aromatic carbocycles. The highest BCUT2D eigenvalue weighted by atomic mass is 16.5. The highest BCUT2D eigenvalue weighted by molar-refractivity contribution is 5.98. The topological polar surface area (TPSA) is 46.6 Å². The minimum atomic E-state index is -0.852. The molecule has 0 aliphatic rings. The summed E-state index contributed by atoms with van der Waals surface area (Å²) in [6.45, 7) is 5.50. The number of carbonyl (C=O) groups is 2. The van der Waals surface area contributed by atoms with Crippen LogP contribution in [0.3, 0.4) is 0 Å². The maximum absolute atomic E-state index is 12.4. The number of nitrogens with zero attached hydrogens (tertiary/aromatic N) is 1. The predicted molar refractivity (Wildman–Crippen MR) is 90.6 cm³/mol. The van der Waals surface area contributed by atoms with Gasteiger partial charge in [-0.25, -0.2) is 4.79 Å². The number of ether oxygens (including phenoxy) is 1. The average Bonchev–Trinajstić information content (AvgIpc) is 2.56. The quantitative estimate of drug-likeness (QED) is 0.812. The summed E-state index contributed by atoms with van der Waals surface area (Å²) in [6.07, 6.45) is -0.852. The van der Waals surface area contributed by atoms with E-state index in [2.05, 4.69) is 0 Å². The van der Waals surface area contributed by atoms with Crippen molar-refractivity contribution in [2.75, 3.05) is 11.9 Å². The van der Waals surface area contributed by atoms with Crippen LogP contribution in [0.4, 0.5) is 5.69 Å². The molecule has 0 heterocycles. The maximum atomic E-state index is 12.4. The second-order valence-corrected chi connectivity index (χ2v) is 5.58. The molecule has 0 aliphatic carbocycles. The number of hydrogen-bond acceptors (Lipinski definition) is 3. The van der Waals surface area contributed by atoms with Crippen LogP contribution in [0.5, 0.6) is 0 Å². The first-order chi connectivity index (χ1) is 10.9. The van der Waals surface area contributed by atoms with Crippen LogP contribution in [0.25, 0.3) is 0 Å². The lowest BCUT2D eigenvalue weighted by molar-refractivity contribution is -0.126. The standard InChI is InChI=1S/C19H21NO3/c1-13-10-11-16(12-14(13)2)19(22)23-15(3)18(21)20(4)17-8-6-5-7-9-17/h5-12,15H,1-4H3. The Hall–Kier alpha value is -2.62. The lowest BCUT2D eigenvalue weighted by Gasteiger charge is -2.21. The lowest BCUT2D eigenvalue weighted by atomic mass is 10.1. The first kappa shape index (κ1) is 16.7. The van der Waals surface area contributed by atoms with Crippen molar-refractivity contribution in [2.24, 2.45) is 0 Å². The van der Waals surface area contributed by atoms with Gasteiger partial charge in [-0.1, -0.05) is 24.3 Å². The van der Waals surface area contributed by atoms with Gasteiger partial charge in [-0.2, -0.15) is 0 Å². The number of aryl methyl sites for hydroxylation is 2. The van der Waals surface area contributed by atoms with E-state index >= 15 is 0 Å². The van der Waals surface area contributed by atoms with Crippen molar-refractivity contribution in [2.45, 2.75) is 26.9 Å². The molecule has 0 N–H and O–H groups in total. The summed E-state index contributed by atoms with van der Waals surface area (Å²) in [4.78, 5) is 26.1. The molecule has 4 nitrogen and oxygen atoms in total. The Morgan fingerprint density at radius 2 is 1.65 bits per heavy atom. The van der Waals surface area contributed by atoms with Crippen molar-refractivity contribution in [3.63, 3.8) is 0 Å². The van der Waals surface area contributed by atoms with Crippen LogP contribution in [-0.2, 0) is 9.53 Å². The van der Waals surface area contributed by atoms with E-state index in [0.29, 0.717) is 5.56 Å². The minimum Gasteiger partial charge on any atom is -0.449 e. The summed E-state index contributed by atoms with van der Waals surface area (Å²) in [7, 11) is 1.66. The van der Waals surface area contributed by atoms with Gasteiger partial charge >= 0.3 is 5.97 Å². The van der Waals surface area contributed by atoms with Gasteiger partial charge in [0.1, 0.15) is 0 Å². The van der Waals surface area contributed by atoms with E-state index in [1.165, 1.54) is 4.90 Å². The van der Waals surface area contributed by atoms with Crippen molar-refractivity contribution in [1.82, 2.24) is 0 Å². The number of amides is 1. The summed E-state index contributed by atoms with van der Waals surface area (Å²) in [5, 5.41) is 0. The molecule has 0 aliphatic heterocycles. The fourth-order valence-corrected chi connectivity index (χ4v) is 2.20. The van der Waals surface area contributed by atoms with Gasteiger partial charge in [-0.15, -0.1) is 0 Å². The van der Waals surface area contributed by atoms with Crippen molar-refractivity contribution in [3.8, 4) is 0 Å². The molecule has 0 bridgehead atoms. The SMILES string of the molecule is Cc1ccc(C(=O)OC(C)C(=O)N(C)c2ccccc2)cc1C. The van der Waals surface area contributed by atoms with Gasteiger partial charge in [0.15, 0.2) is 6.10 Å². The van der Waals surface area contributed by atoms with Crippen LogP contribution in [-0.4, -0.2) is 25.0 Å². The number of para-hydroxylation sites is 1. The van der Waals surface area contributed by atoms with Crippen LogP contribution in [0, 0.1) is 13.8 Å². The number of carbonyl (C=O) groups excluding carboxylic acids is 2. The summed E-state index contributed by atoms with van der Waals surface area (Å²) >= 11 is 0. The summed E-state index contributed by atoms with van der Waals surface area (Å²) < 4.78 is 5.31. The van der Waals surface area contributed by atoms with Gasteiger partial charge in [0.2, 0.25) is 0 Å². The molecule has 1 unspecified atom stereocenters. The third-order valence-electron chi connectivity index (χ3n) is 3.85. The van der Waals surface area contributed by atoms with Crippen LogP contribution in [0.1, 0.15) is 28.4 Å². The molecule has 2 aromatic rings. The van der Waals surface area contributed by atoms with Crippen LogP contribution >= 0.6 is 0 Å². The zero-order chi connectivity index (χ0) is 17.0. The Bertz CT molecular complexity index is 710. The molecule has 0 saturated heterocycles. The molecule has 1 atom stereocenters. The van der Waals surface area contributed by atoms with Crippen LogP contribution in [0.2, 0.25) is 0 Å². The van der Waals surface area contributed by atoms with Crippen molar-refractivity contribution in [1.29, 1.82) is 0 Å². The molecule has 120 valence electrons. The zero-order valence-electron chi connectivity index (χ0n) is 13.9. The van der Waals surface area contributed by atoms with E-state index in [4.69, 9.17) is 4.74 Å². The van der Waals surface area contributed by atoms with Gasteiger partial charge in [0.25, 0.3) is 5.91 Å². The molecule has 0 radical (unpaired) electrons. The molecular weight excluding hydrogens is 290 g/mol. The first-order valence-electron chi connectivity index (χ1n) is 7.51. The summed E-state index contributed by atoms with van der Waals surface area (Å²) in [5.74, 6) is -0.760. The number of benzene rings is 2. The summed E-state index contributed by atoms with van der Waals surface area (Å²) in [6, 6.07) is 14.6. The van der Waals surface area contributed by atoms with Crippen molar-refractivity contribution < 1.29 is 14.3 Å².